The van der Waals surface area contributed by atoms with Gasteiger partial charge in [0.1, 0.15) is 12.3 Å². The molecular formula is C25H25Cl2N3O4S. The van der Waals surface area contributed by atoms with Crippen molar-refractivity contribution in [3.63, 3.8) is 0 Å². The van der Waals surface area contributed by atoms with Gasteiger partial charge in [-0.3, -0.25) is 9.10 Å². The molecule has 0 N–H and O–H groups in total. The van der Waals surface area contributed by atoms with Crippen molar-refractivity contribution < 1.29 is 17.9 Å². The van der Waals surface area contributed by atoms with Gasteiger partial charge >= 0.3 is 0 Å². The predicted octanol–water partition coefficient (Wildman–Crippen LogP) is 4.55. The first-order chi connectivity index (χ1) is 16.8. The van der Waals surface area contributed by atoms with Gasteiger partial charge in [0.2, 0.25) is 5.91 Å². The number of methoxy groups -OCH3 is 1. The molecule has 0 aliphatic carbocycles. The number of rotatable bonds is 7. The Morgan fingerprint density at radius 1 is 0.914 bits per heavy atom. The van der Waals surface area contributed by atoms with Crippen LogP contribution in [0.25, 0.3) is 0 Å². The predicted molar refractivity (Wildman–Crippen MR) is 139 cm³/mol. The number of halogens is 2. The van der Waals surface area contributed by atoms with Crippen LogP contribution in [0.1, 0.15) is 0 Å². The topological polar surface area (TPSA) is 70.2 Å². The number of ether oxygens (including phenoxy) is 1. The fourth-order valence-electron chi connectivity index (χ4n) is 3.90. The number of carbonyl (C=O) groups excluding carboxylic acids is 1. The van der Waals surface area contributed by atoms with Crippen molar-refractivity contribution in [2.75, 3.05) is 49.0 Å². The van der Waals surface area contributed by atoms with E-state index in [2.05, 4.69) is 4.90 Å². The molecule has 0 saturated carbocycles. The second-order valence-electron chi connectivity index (χ2n) is 7.99. The Morgan fingerprint density at radius 2 is 1.57 bits per heavy atom. The lowest BCUT2D eigenvalue weighted by Gasteiger charge is -2.37. The standard InChI is InChI=1S/C25H25Cl2N3O4S/c1-34-21-10-7-19(8-11-21)28-13-15-29(16-14-28)25(31)18-30(20-9-12-23(26)24(27)17-20)35(32,33)22-5-3-2-4-6-22/h2-12,17H,13-16,18H2,1H3. The number of amides is 1. The summed E-state index contributed by atoms with van der Waals surface area (Å²) in [7, 11) is -2.39. The minimum atomic E-state index is -4.02. The SMILES string of the molecule is COc1ccc(N2CCN(C(=O)CN(c3ccc(Cl)c(Cl)c3)S(=O)(=O)c3ccccc3)CC2)cc1. The second kappa shape index (κ2) is 10.8. The molecule has 1 amide bonds. The third kappa shape index (κ3) is 5.66. The van der Waals surface area contributed by atoms with Gasteiger partial charge in [0.15, 0.2) is 0 Å². The second-order valence-corrected chi connectivity index (χ2v) is 10.7. The molecule has 10 heteroatoms. The average molecular weight is 534 g/mol. The van der Waals surface area contributed by atoms with E-state index in [0.717, 1.165) is 15.7 Å². The molecule has 0 aromatic heterocycles. The van der Waals surface area contributed by atoms with Gasteiger partial charge in [-0.25, -0.2) is 8.42 Å². The summed E-state index contributed by atoms with van der Waals surface area (Å²) in [5.74, 6) is 0.495. The Bertz CT molecular complexity index is 1280. The maximum atomic E-state index is 13.5. The number of hydrogen-bond donors (Lipinski definition) is 0. The van der Waals surface area contributed by atoms with Crippen LogP contribution in [0.15, 0.2) is 77.7 Å². The summed E-state index contributed by atoms with van der Waals surface area (Å²) in [6.07, 6.45) is 0. The van der Waals surface area contributed by atoms with Crippen LogP contribution in [0.5, 0.6) is 5.75 Å². The lowest BCUT2D eigenvalue weighted by atomic mass is 10.2. The molecule has 0 unspecified atom stereocenters. The Balaban J connectivity index is 1.52. The number of benzene rings is 3. The number of sulfonamides is 1. The molecule has 1 aliphatic rings. The van der Waals surface area contributed by atoms with Crippen molar-refractivity contribution in [1.29, 1.82) is 0 Å². The van der Waals surface area contributed by atoms with Gasteiger partial charge < -0.3 is 14.5 Å². The highest BCUT2D eigenvalue weighted by atomic mass is 35.5. The molecule has 184 valence electrons. The van der Waals surface area contributed by atoms with Crippen LogP contribution in [0.2, 0.25) is 10.0 Å². The molecule has 7 nitrogen and oxygen atoms in total. The maximum absolute atomic E-state index is 13.5. The van der Waals surface area contributed by atoms with E-state index in [4.69, 9.17) is 27.9 Å². The molecule has 4 rings (SSSR count). The number of carbonyl (C=O) groups is 1. The number of anilines is 2. The van der Waals surface area contributed by atoms with Crippen LogP contribution < -0.4 is 13.9 Å². The zero-order chi connectivity index (χ0) is 25.0. The Kier molecular flexibility index (Phi) is 7.74. The van der Waals surface area contributed by atoms with E-state index < -0.39 is 10.0 Å². The Morgan fingerprint density at radius 3 is 2.17 bits per heavy atom. The van der Waals surface area contributed by atoms with Gasteiger partial charge in [0.25, 0.3) is 10.0 Å². The van der Waals surface area contributed by atoms with Gasteiger partial charge in [-0.1, -0.05) is 41.4 Å². The highest BCUT2D eigenvalue weighted by Gasteiger charge is 2.30. The van der Waals surface area contributed by atoms with Crippen molar-refractivity contribution in [3.05, 3.63) is 82.8 Å². The molecule has 1 saturated heterocycles. The summed E-state index contributed by atoms with van der Waals surface area (Å²) in [6.45, 7) is 1.88. The zero-order valence-electron chi connectivity index (χ0n) is 19.1. The molecule has 3 aromatic rings. The molecule has 35 heavy (non-hydrogen) atoms. The largest absolute Gasteiger partial charge is 0.497 e. The van der Waals surface area contributed by atoms with Crippen LogP contribution in [-0.4, -0.2) is 59.1 Å². The first kappa shape index (κ1) is 25.2. The fourth-order valence-corrected chi connectivity index (χ4v) is 5.62. The number of hydrogen-bond acceptors (Lipinski definition) is 5. The molecular weight excluding hydrogens is 509 g/mol. The van der Waals surface area contributed by atoms with Crippen LogP contribution in [0.3, 0.4) is 0 Å². The Labute approximate surface area is 215 Å². The molecule has 0 atom stereocenters. The highest BCUT2D eigenvalue weighted by Crippen LogP contribution is 2.30. The minimum absolute atomic E-state index is 0.0863. The molecule has 0 bridgehead atoms. The normalized spacial score (nSPS) is 14.0. The average Bonchev–Trinajstić information content (AvgIpc) is 2.89. The van der Waals surface area contributed by atoms with Crippen molar-refractivity contribution in [3.8, 4) is 5.75 Å². The minimum Gasteiger partial charge on any atom is -0.497 e. The summed E-state index contributed by atoms with van der Waals surface area (Å²) >= 11 is 12.2. The first-order valence-corrected chi connectivity index (χ1v) is 13.2. The van der Waals surface area contributed by atoms with E-state index in [1.54, 1.807) is 36.3 Å². The van der Waals surface area contributed by atoms with Crippen LogP contribution in [0.4, 0.5) is 11.4 Å². The van der Waals surface area contributed by atoms with E-state index in [1.165, 1.54) is 24.3 Å². The maximum Gasteiger partial charge on any atom is 0.264 e. The van der Waals surface area contributed by atoms with E-state index in [-0.39, 0.29) is 28.1 Å². The summed E-state index contributed by atoms with van der Waals surface area (Å²) in [5.41, 5.74) is 1.32. The monoisotopic (exact) mass is 533 g/mol. The van der Waals surface area contributed by atoms with Crippen molar-refractivity contribution in [2.45, 2.75) is 4.90 Å². The van der Waals surface area contributed by atoms with Gasteiger partial charge in [-0.05, 0) is 54.6 Å². The lowest BCUT2D eigenvalue weighted by molar-refractivity contribution is -0.129. The van der Waals surface area contributed by atoms with E-state index in [0.29, 0.717) is 31.2 Å². The fraction of sp³-hybridized carbons (Fsp3) is 0.240. The third-order valence-corrected chi connectivity index (χ3v) is 8.40. The molecule has 0 radical (unpaired) electrons. The van der Waals surface area contributed by atoms with Gasteiger partial charge in [0.05, 0.1) is 27.7 Å². The van der Waals surface area contributed by atoms with Crippen LogP contribution in [-0.2, 0) is 14.8 Å². The van der Waals surface area contributed by atoms with E-state index in [1.807, 2.05) is 24.3 Å². The summed E-state index contributed by atoms with van der Waals surface area (Å²) in [5, 5.41) is 0.506. The highest BCUT2D eigenvalue weighted by molar-refractivity contribution is 7.92. The zero-order valence-corrected chi connectivity index (χ0v) is 21.4. The van der Waals surface area contributed by atoms with Crippen molar-refractivity contribution >= 4 is 50.5 Å². The molecule has 1 aliphatic heterocycles. The Hall–Kier alpha value is -2.94. The van der Waals surface area contributed by atoms with Crippen LogP contribution >= 0.6 is 23.2 Å². The third-order valence-electron chi connectivity index (χ3n) is 5.87. The molecule has 1 heterocycles. The van der Waals surface area contributed by atoms with E-state index in [9.17, 15) is 13.2 Å². The summed E-state index contributed by atoms with van der Waals surface area (Å²) < 4.78 is 33.3. The van der Waals surface area contributed by atoms with Crippen molar-refractivity contribution in [2.24, 2.45) is 0 Å². The van der Waals surface area contributed by atoms with Gasteiger partial charge in [0, 0.05) is 31.9 Å². The summed E-state index contributed by atoms with van der Waals surface area (Å²) in [6, 6.07) is 20.3. The number of nitrogens with zero attached hydrogens (tertiary/aromatic N) is 3. The molecule has 0 spiro atoms. The number of piperazine rings is 1. The summed E-state index contributed by atoms with van der Waals surface area (Å²) in [4.78, 5) is 17.2. The molecule has 3 aromatic carbocycles. The first-order valence-electron chi connectivity index (χ1n) is 11.0. The molecule has 1 fully saturated rings. The van der Waals surface area contributed by atoms with Crippen LogP contribution in [0, 0.1) is 0 Å². The van der Waals surface area contributed by atoms with Gasteiger partial charge in [-0.15, -0.1) is 0 Å². The van der Waals surface area contributed by atoms with E-state index >= 15 is 0 Å². The quantitative estimate of drug-likeness (QED) is 0.445. The lowest BCUT2D eigenvalue weighted by Crippen LogP contribution is -2.52. The van der Waals surface area contributed by atoms with Crippen molar-refractivity contribution in [1.82, 2.24) is 4.90 Å². The smallest absolute Gasteiger partial charge is 0.264 e. The van der Waals surface area contributed by atoms with Gasteiger partial charge in [-0.2, -0.15) is 0 Å².